The van der Waals surface area contributed by atoms with Gasteiger partial charge in [0.2, 0.25) is 11.8 Å². The average molecular weight is 434 g/mol. The minimum atomic E-state index is -3.63. The van der Waals surface area contributed by atoms with Gasteiger partial charge in [-0.1, -0.05) is 12.1 Å². The number of likely N-dealkylation sites (N-methyl/N-ethyl adjacent to an activating group) is 1. The van der Waals surface area contributed by atoms with Crippen LogP contribution in [0.15, 0.2) is 24.3 Å². The van der Waals surface area contributed by atoms with Gasteiger partial charge in [0, 0.05) is 12.8 Å². The van der Waals surface area contributed by atoms with Crippen LogP contribution in [0.3, 0.4) is 0 Å². The van der Waals surface area contributed by atoms with Crippen molar-refractivity contribution in [3.63, 3.8) is 0 Å². The molecule has 0 saturated carbocycles. The van der Waals surface area contributed by atoms with Crippen LogP contribution in [0.4, 0.5) is 5.69 Å². The maximum atomic E-state index is 13.1. The summed E-state index contributed by atoms with van der Waals surface area (Å²) in [5, 5.41) is 5.80. The van der Waals surface area contributed by atoms with E-state index in [0.29, 0.717) is 24.5 Å². The van der Waals surface area contributed by atoms with E-state index in [1.54, 1.807) is 31.2 Å². The number of carbonyl (C=O) groups excluding carboxylic acids is 2. The van der Waals surface area contributed by atoms with E-state index in [9.17, 15) is 18.0 Å². The lowest BCUT2D eigenvalue weighted by atomic mass is 9.95. The van der Waals surface area contributed by atoms with Crippen molar-refractivity contribution in [3.05, 3.63) is 24.3 Å². The highest BCUT2D eigenvalue weighted by Gasteiger charge is 2.50. The molecule has 0 atom stereocenters. The molecule has 1 fully saturated rings. The average Bonchev–Trinajstić information content (AvgIpc) is 2.65. The van der Waals surface area contributed by atoms with Crippen LogP contribution in [0, 0.1) is 0 Å². The fourth-order valence-corrected chi connectivity index (χ4v) is 4.69. The number of halogens is 1. The number of hydrogen-bond acceptors (Lipinski definition) is 6. The predicted octanol–water partition coefficient (Wildman–Crippen LogP) is 1.07. The third-order valence-corrected chi connectivity index (χ3v) is 6.90. The molecule has 2 rings (SSSR count). The van der Waals surface area contributed by atoms with E-state index in [1.165, 1.54) is 12.0 Å². The molecule has 1 heterocycles. The first-order chi connectivity index (χ1) is 12.7. The highest BCUT2D eigenvalue weighted by Crippen LogP contribution is 2.30. The summed E-state index contributed by atoms with van der Waals surface area (Å²) in [6, 6.07) is 6.95. The van der Waals surface area contributed by atoms with Crippen molar-refractivity contribution >= 4 is 39.7 Å². The predicted molar refractivity (Wildman–Crippen MR) is 111 cm³/mol. The lowest BCUT2D eigenvalue weighted by molar-refractivity contribution is -0.137. The first-order valence-corrected chi connectivity index (χ1v) is 10.8. The molecule has 158 valence electrons. The Morgan fingerprint density at radius 2 is 1.86 bits per heavy atom. The third kappa shape index (κ3) is 5.15. The summed E-state index contributed by atoms with van der Waals surface area (Å²) in [5.74, 6) is -0.414. The van der Waals surface area contributed by atoms with Crippen LogP contribution in [0.1, 0.15) is 19.8 Å². The number of nitrogens with zero attached hydrogens (tertiary/aromatic N) is 1. The topological polar surface area (TPSA) is 105 Å². The number of rotatable bonds is 7. The van der Waals surface area contributed by atoms with Crippen LogP contribution in [-0.2, 0) is 19.4 Å². The summed E-state index contributed by atoms with van der Waals surface area (Å²) in [6.45, 7) is 2.64. The molecule has 1 aliphatic heterocycles. The van der Waals surface area contributed by atoms with Crippen LogP contribution in [0.5, 0.6) is 5.75 Å². The van der Waals surface area contributed by atoms with Crippen molar-refractivity contribution < 1.29 is 22.7 Å². The second kappa shape index (κ2) is 10.1. The van der Waals surface area contributed by atoms with Gasteiger partial charge in [-0.3, -0.25) is 9.59 Å². The maximum absolute atomic E-state index is 13.1. The lowest BCUT2D eigenvalue weighted by Gasteiger charge is -2.38. The molecule has 2 N–H and O–H groups in total. The molecular formula is C18H28ClN3O5S. The van der Waals surface area contributed by atoms with Gasteiger partial charge < -0.3 is 20.3 Å². The molecule has 0 unspecified atom stereocenters. The van der Waals surface area contributed by atoms with Gasteiger partial charge in [0.1, 0.15) is 5.75 Å². The second-order valence-electron chi connectivity index (χ2n) is 6.58. The molecule has 0 bridgehead atoms. The van der Waals surface area contributed by atoms with E-state index in [-0.39, 0.29) is 38.3 Å². The van der Waals surface area contributed by atoms with Gasteiger partial charge in [0.25, 0.3) is 0 Å². The van der Waals surface area contributed by atoms with Crippen molar-refractivity contribution in [2.24, 2.45) is 0 Å². The van der Waals surface area contributed by atoms with E-state index in [0.717, 1.165) is 6.26 Å². The normalized spacial score (nSPS) is 15.8. The number of nitrogens with one attached hydrogen (secondary N) is 2. The fraction of sp³-hybridized carbons (Fsp3) is 0.556. The second-order valence-corrected chi connectivity index (χ2v) is 8.91. The van der Waals surface area contributed by atoms with E-state index in [1.807, 2.05) is 0 Å². The number of benzene rings is 1. The molecule has 0 aliphatic carbocycles. The smallest absolute Gasteiger partial charge is 0.244 e. The van der Waals surface area contributed by atoms with Gasteiger partial charge in [-0.15, -0.1) is 12.4 Å². The number of sulfone groups is 1. The van der Waals surface area contributed by atoms with Gasteiger partial charge >= 0.3 is 0 Å². The molecule has 1 aromatic rings. The minimum Gasteiger partial charge on any atom is -0.495 e. The molecule has 8 nitrogen and oxygen atoms in total. The summed E-state index contributed by atoms with van der Waals surface area (Å²) in [6.07, 6.45) is 1.50. The van der Waals surface area contributed by atoms with Crippen LogP contribution in [0.25, 0.3) is 0 Å². The number of hydrogen-bond donors (Lipinski definition) is 2. The molecule has 28 heavy (non-hydrogen) atoms. The highest BCUT2D eigenvalue weighted by atomic mass is 35.5. The van der Waals surface area contributed by atoms with Crippen molar-refractivity contribution in [2.75, 3.05) is 44.9 Å². The Morgan fingerprint density at radius 1 is 1.25 bits per heavy atom. The van der Waals surface area contributed by atoms with Gasteiger partial charge in [-0.25, -0.2) is 8.42 Å². The van der Waals surface area contributed by atoms with Crippen molar-refractivity contribution in [2.45, 2.75) is 24.5 Å². The number of para-hydroxylation sites is 2. The van der Waals surface area contributed by atoms with E-state index >= 15 is 0 Å². The molecule has 1 aromatic carbocycles. The van der Waals surface area contributed by atoms with Crippen LogP contribution < -0.4 is 15.4 Å². The monoisotopic (exact) mass is 433 g/mol. The van der Waals surface area contributed by atoms with Crippen LogP contribution in [0.2, 0.25) is 0 Å². The van der Waals surface area contributed by atoms with Gasteiger partial charge in [-0.2, -0.15) is 0 Å². The summed E-state index contributed by atoms with van der Waals surface area (Å²) in [5.41, 5.74) is 0.494. The molecule has 0 radical (unpaired) electrons. The highest BCUT2D eigenvalue weighted by molar-refractivity contribution is 7.92. The van der Waals surface area contributed by atoms with E-state index in [2.05, 4.69) is 10.6 Å². The Hall–Kier alpha value is -1.84. The van der Waals surface area contributed by atoms with Crippen LogP contribution in [-0.4, -0.2) is 69.4 Å². The SMILES string of the molecule is CCN(CC(=O)Nc1ccccc1OC)C(=O)C1(S(C)(=O)=O)CCNCC1.Cl. The summed E-state index contributed by atoms with van der Waals surface area (Å²) in [7, 11) is -2.13. The van der Waals surface area contributed by atoms with E-state index < -0.39 is 26.4 Å². The number of anilines is 1. The third-order valence-electron chi connectivity index (χ3n) is 4.90. The van der Waals surface area contributed by atoms with Crippen molar-refractivity contribution in [3.8, 4) is 5.75 Å². The Kier molecular flexibility index (Phi) is 8.72. The number of piperidine rings is 1. The van der Waals surface area contributed by atoms with Gasteiger partial charge in [-0.05, 0) is 45.0 Å². The zero-order valence-corrected chi connectivity index (χ0v) is 18.0. The lowest BCUT2D eigenvalue weighted by Crippen LogP contribution is -2.59. The summed E-state index contributed by atoms with van der Waals surface area (Å²) >= 11 is 0. The van der Waals surface area contributed by atoms with Gasteiger partial charge in [0.05, 0.1) is 19.3 Å². The maximum Gasteiger partial charge on any atom is 0.244 e. The molecule has 0 aromatic heterocycles. The quantitative estimate of drug-likeness (QED) is 0.666. The number of amides is 2. The van der Waals surface area contributed by atoms with E-state index in [4.69, 9.17) is 4.74 Å². The van der Waals surface area contributed by atoms with Gasteiger partial charge in [0.15, 0.2) is 14.6 Å². The largest absolute Gasteiger partial charge is 0.495 e. The molecule has 2 amide bonds. The molecule has 1 aliphatic rings. The van der Waals surface area contributed by atoms with Crippen LogP contribution >= 0.6 is 12.4 Å². The Bertz CT molecular complexity index is 794. The zero-order valence-electron chi connectivity index (χ0n) is 16.4. The Morgan fingerprint density at radius 3 is 2.39 bits per heavy atom. The zero-order chi connectivity index (χ0) is 20.1. The fourth-order valence-electron chi connectivity index (χ4n) is 3.30. The first kappa shape index (κ1) is 24.2. The molecule has 10 heteroatoms. The number of carbonyl (C=O) groups is 2. The van der Waals surface area contributed by atoms with Crippen molar-refractivity contribution in [1.29, 1.82) is 0 Å². The first-order valence-electron chi connectivity index (χ1n) is 8.87. The molecule has 0 spiro atoms. The Balaban J connectivity index is 0.00000392. The minimum absolute atomic E-state index is 0. The number of methoxy groups -OCH3 is 1. The van der Waals surface area contributed by atoms with Crippen molar-refractivity contribution in [1.82, 2.24) is 10.2 Å². The summed E-state index contributed by atoms with van der Waals surface area (Å²) < 4.78 is 28.6. The molecular weight excluding hydrogens is 406 g/mol. The Labute approximate surface area is 172 Å². The summed E-state index contributed by atoms with van der Waals surface area (Å²) in [4.78, 5) is 26.9. The molecule has 1 saturated heterocycles. The standard InChI is InChI=1S/C18H27N3O5S.ClH/c1-4-21(13-16(22)20-14-7-5-6-8-15(14)26-2)17(23)18(27(3,24)25)9-11-19-12-10-18;/h5-8,19H,4,9-13H2,1-3H3,(H,20,22);1H. The number of ether oxygens (including phenoxy) is 1.